The maximum absolute atomic E-state index is 13.9. The highest BCUT2D eigenvalue weighted by molar-refractivity contribution is 6.42. The summed E-state index contributed by atoms with van der Waals surface area (Å²) in [6, 6.07) is 10.5. The molecule has 10 heteroatoms. The van der Waals surface area contributed by atoms with Crippen LogP contribution in [0.2, 0.25) is 10.0 Å². The van der Waals surface area contributed by atoms with Crippen molar-refractivity contribution in [3.8, 4) is 5.69 Å². The number of pyridine rings is 1. The number of rotatable bonds is 4. The van der Waals surface area contributed by atoms with E-state index in [9.17, 15) is 9.18 Å². The van der Waals surface area contributed by atoms with Crippen LogP contribution in [0, 0.1) is 5.82 Å². The Labute approximate surface area is 190 Å². The first-order valence-electron chi connectivity index (χ1n) is 9.63. The van der Waals surface area contributed by atoms with Gasteiger partial charge >= 0.3 is 0 Å². The zero-order chi connectivity index (χ0) is 22.4. The fraction of sp³-hybridized carbons (Fsp3) is 0.0909. The number of aromatic nitrogens is 5. The molecule has 7 nitrogen and oxygen atoms in total. The van der Waals surface area contributed by atoms with Crippen molar-refractivity contribution in [3.63, 3.8) is 0 Å². The van der Waals surface area contributed by atoms with Gasteiger partial charge in [-0.25, -0.2) is 19.3 Å². The molecule has 5 rings (SSSR count). The van der Waals surface area contributed by atoms with Crippen LogP contribution in [0.3, 0.4) is 0 Å². The summed E-state index contributed by atoms with van der Waals surface area (Å²) < 4.78 is 15.4. The number of halogens is 3. The molecule has 160 valence electrons. The van der Waals surface area contributed by atoms with E-state index in [0.717, 1.165) is 0 Å². The first-order valence-corrected chi connectivity index (χ1v) is 10.4. The number of hydrogen-bond acceptors (Lipinski definition) is 5. The predicted molar refractivity (Wildman–Crippen MR) is 123 cm³/mol. The van der Waals surface area contributed by atoms with E-state index in [1.54, 1.807) is 24.3 Å². The summed E-state index contributed by atoms with van der Waals surface area (Å²) in [5.74, 6) is 0.0455. The molecule has 0 saturated heterocycles. The Balaban J connectivity index is 1.71. The standard InChI is InChI=1S/C22H15Cl2FN6O/c1-11(30-21-19-20(27-9-26-19)28-10-29-21)18-6-12-2-3-13(25)7-15(12)22(32)31(18)14-4-5-16(23)17(24)8-14/h2-11H,1H3,(H2,26,27,28,29,30)/t11-/m1/s1. The van der Waals surface area contributed by atoms with Gasteiger partial charge in [0.1, 0.15) is 17.7 Å². The third-order valence-electron chi connectivity index (χ3n) is 5.19. The van der Waals surface area contributed by atoms with Crippen LogP contribution < -0.4 is 10.9 Å². The lowest BCUT2D eigenvalue weighted by Gasteiger charge is -2.21. The Bertz CT molecular complexity index is 1550. The van der Waals surface area contributed by atoms with Crippen LogP contribution in [-0.4, -0.2) is 24.5 Å². The largest absolute Gasteiger partial charge is 0.360 e. The first kappa shape index (κ1) is 20.4. The number of H-pyrrole nitrogens is 1. The summed E-state index contributed by atoms with van der Waals surface area (Å²) in [5.41, 5.74) is 1.92. The van der Waals surface area contributed by atoms with Crippen molar-refractivity contribution >= 4 is 51.0 Å². The first-order chi connectivity index (χ1) is 15.4. The maximum atomic E-state index is 13.9. The molecule has 0 radical (unpaired) electrons. The van der Waals surface area contributed by atoms with E-state index in [1.165, 1.54) is 29.4 Å². The second-order valence-corrected chi connectivity index (χ2v) is 8.04. The molecule has 0 aliphatic heterocycles. The second kappa shape index (κ2) is 7.89. The molecule has 3 aromatic heterocycles. The van der Waals surface area contributed by atoms with Crippen LogP contribution in [0.4, 0.5) is 10.2 Å². The minimum absolute atomic E-state index is 0.255. The van der Waals surface area contributed by atoms with E-state index in [1.807, 2.05) is 13.0 Å². The van der Waals surface area contributed by atoms with E-state index in [2.05, 4.69) is 25.3 Å². The van der Waals surface area contributed by atoms with Crippen LogP contribution in [0.25, 0.3) is 27.6 Å². The van der Waals surface area contributed by atoms with Crippen LogP contribution in [0.15, 0.2) is 59.9 Å². The molecule has 0 spiro atoms. The Kier molecular flexibility index (Phi) is 5.03. The fourth-order valence-electron chi connectivity index (χ4n) is 3.66. The molecular weight excluding hydrogens is 454 g/mol. The lowest BCUT2D eigenvalue weighted by Crippen LogP contribution is -2.25. The molecule has 32 heavy (non-hydrogen) atoms. The zero-order valence-electron chi connectivity index (χ0n) is 16.6. The highest BCUT2D eigenvalue weighted by Crippen LogP contribution is 2.29. The second-order valence-electron chi connectivity index (χ2n) is 7.23. The number of hydrogen-bond donors (Lipinski definition) is 2. The van der Waals surface area contributed by atoms with Gasteiger partial charge < -0.3 is 10.3 Å². The average Bonchev–Trinajstić information content (AvgIpc) is 3.26. The molecule has 0 saturated carbocycles. The number of aromatic amines is 1. The van der Waals surface area contributed by atoms with Gasteiger partial charge in [0.25, 0.3) is 5.56 Å². The predicted octanol–water partition coefficient (Wildman–Crippen LogP) is 5.28. The monoisotopic (exact) mass is 468 g/mol. The van der Waals surface area contributed by atoms with Gasteiger partial charge in [-0.15, -0.1) is 0 Å². The average molecular weight is 469 g/mol. The van der Waals surface area contributed by atoms with Gasteiger partial charge in [0.2, 0.25) is 0 Å². The molecule has 0 aliphatic carbocycles. The van der Waals surface area contributed by atoms with E-state index in [-0.39, 0.29) is 17.0 Å². The maximum Gasteiger partial charge on any atom is 0.263 e. The lowest BCUT2D eigenvalue weighted by atomic mass is 10.1. The molecule has 2 aromatic carbocycles. The number of benzene rings is 2. The van der Waals surface area contributed by atoms with Gasteiger partial charge in [0, 0.05) is 5.69 Å². The van der Waals surface area contributed by atoms with Crippen molar-refractivity contribution in [1.29, 1.82) is 0 Å². The Morgan fingerprint density at radius 3 is 2.72 bits per heavy atom. The van der Waals surface area contributed by atoms with Crippen LogP contribution in [-0.2, 0) is 0 Å². The molecule has 1 atom stereocenters. The molecule has 5 aromatic rings. The van der Waals surface area contributed by atoms with Crippen LogP contribution in [0.5, 0.6) is 0 Å². The lowest BCUT2D eigenvalue weighted by molar-refractivity contribution is 0.629. The summed E-state index contributed by atoms with van der Waals surface area (Å²) in [6.45, 7) is 1.89. The van der Waals surface area contributed by atoms with Gasteiger partial charge in [0.15, 0.2) is 11.5 Å². The summed E-state index contributed by atoms with van der Waals surface area (Å²) in [4.78, 5) is 29.0. The van der Waals surface area contributed by atoms with Crippen molar-refractivity contribution < 1.29 is 4.39 Å². The summed E-state index contributed by atoms with van der Waals surface area (Å²) in [5, 5.41) is 4.85. The Morgan fingerprint density at radius 1 is 1.06 bits per heavy atom. The molecule has 2 N–H and O–H groups in total. The Morgan fingerprint density at radius 2 is 1.91 bits per heavy atom. The molecular formula is C22H15Cl2FN6O. The van der Waals surface area contributed by atoms with E-state index >= 15 is 0 Å². The number of nitrogens with one attached hydrogen (secondary N) is 2. The molecule has 3 heterocycles. The molecule has 0 bridgehead atoms. The van der Waals surface area contributed by atoms with E-state index < -0.39 is 5.82 Å². The number of anilines is 1. The van der Waals surface area contributed by atoms with Crippen LogP contribution in [0.1, 0.15) is 18.7 Å². The topological polar surface area (TPSA) is 88.5 Å². The van der Waals surface area contributed by atoms with Crippen molar-refractivity contribution in [3.05, 3.63) is 87.0 Å². The highest BCUT2D eigenvalue weighted by atomic mass is 35.5. The minimum atomic E-state index is -0.489. The number of nitrogens with zero attached hydrogens (tertiary/aromatic N) is 4. The fourth-order valence-corrected chi connectivity index (χ4v) is 3.96. The van der Waals surface area contributed by atoms with E-state index in [0.29, 0.717) is 43.8 Å². The minimum Gasteiger partial charge on any atom is -0.360 e. The van der Waals surface area contributed by atoms with Crippen molar-refractivity contribution in [2.75, 3.05) is 5.32 Å². The van der Waals surface area contributed by atoms with Gasteiger partial charge in [-0.1, -0.05) is 29.3 Å². The van der Waals surface area contributed by atoms with Crippen molar-refractivity contribution in [1.82, 2.24) is 24.5 Å². The summed E-state index contributed by atoms with van der Waals surface area (Å²) in [6.07, 6.45) is 2.94. The zero-order valence-corrected chi connectivity index (χ0v) is 18.1. The smallest absolute Gasteiger partial charge is 0.263 e. The van der Waals surface area contributed by atoms with Gasteiger partial charge in [-0.3, -0.25) is 9.36 Å². The van der Waals surface area contributed by atoms with Crippen molar-refractivity contribution in [2.45, 2.75) is 13.0 Å². The third kappa shape index (κ3) is 3.47. The Hall–Kier alpha value is -3.49. The quantitative estimate of drug-likeness (QED) is 0.374. The van der Waals surface area contributed by atoms with Crippen LogP contribution >= 0.6 is 23.2 Å². The SMILES string of the molecule is C[C@@H](Nc1ncnc2nc[nH]c12)c1cc2ccc(F)cc2c(=O)n1-c1ccc(Cl)c(Cl)c1. The molecule has 0 fully saturated rings. The van der Waals surface area contributed by atoms with Crippen molar-refractivity contribution in [2.24, 2.45) is 0 Å². The van der Waals surface area contributed by atoms with E-state index in [4.69, 9.17) is 23.2 Å². The summed E-state index contributed by atoms with van der Waals surface area (Å²) in [7, 11) is 0. The molecule has 0 aliphatic rings. The molecule has 0 amide bonds. The number of imidazole rings is 1. The normalized spacial score (nSPS) is 12.4. The molecule has 0 unspecified atom stereocenters. The number of fused-ring (bicyclic) bond motifs is 2. The van der Waals surface area contributed by atoms with Gasteiger partial charge in [-0.2, -0.15) is 0 Å². The summed E-state index contributed by atoms with van der Waals surface area (Å²) >= 11 is 12.3. The van der Waals surface area contributed by atoms with Gasteiger partial charge in [0.05, 0.1) is 33.5 Å². The third-order valence-corrected chi connectivity index (χ3v) is 5.93. The highest BCUT2D eigenvalue weighted by Gasteiger charge is 2.19. The van der Waals surface area contributed by atoms with Gasteiger partial charge in [-0.05, 0) is 48.7 Å².